The van der Waals surface area contributed by atoms with Crippen molar-refractivity contribution in [2.24, 2.45) is 0 Å². The zero-order valence-corrected chi connectivity index (χ0v) is 16.9. The zero-order chi connectivity index (χ0) is 22.2. The Morgan fingerprint density at radius 1 is 0.968 bits per heavy atom. The number of hydrogen-bond acceptors (Lipinski definition) is 5. The molecule has 31 heavy (non-hydrogen) atoms. The summed E-state index contributed by atoms with van der Waals surface area (Å²) in [6.07, 6.45) is 0. The van der Waals surface area contributed by atoms with Crippen molar-refractivity contribution in [1.29, 1.82) is 0 Å². The van der Waals surface area contributed by atoms with Gasteiger partial charge in [-0.2, -0.15) is 0 Å². The van der Waals surface area contributed by atoms with E-state index in [0.29, 0.717) is 23.5 Å². The van der Waals surface area contributed by atoms with Crippen molar-refractivity contribution >= 4 is 23.2 Å². The van der Waals surface area contributed by atoms with E-state index in [4.69, 9.17) is 4.74 Å². The Balaban J connectivity index is 1.64. The van der Waals surface area contributed by atoms with Gasteiger partial charge in [0.25, 0.3) is 17.5 Å². The van der Waals surface area contributed by atoms with E-state index in [1.165, 1.54) is 29.2 Å². The summed E-state index contributed by atoms with van der Waals surface area (Å²) in [5.41, 5.74) is 1.72. The summed E-state index contributed by atoms with van der Waals surface area (Å²) in [6, 6.07) is 21.8. The Labute approximate surface area is 179 Å². The number of anilines is 1. The normalized spacial score (nSPS) is 10.2. The number of likely N-dealkylation sites (N-methyl/N-ethyl adjacent to an activating group) is 1. The third-order valence-electron chi connectivity index (χ3n) is 4.59. The van der Waals surface area contributed by atoms with Gasteiger partial charge in [-0.3, -0.25) is 19.7 Å². The number of nitrogens with zero attached hydrogens (tertiary/aromatic N) is 2. The Bertz CT molecular complexity index is 1070. The van der Waals surface area contributed by atoms with E-state index in [1.54, 1.807) is 31.3 Å². The van der Waals surface area contributed by atoms with Crippen LogP contribution in [0.3, 0.4) is 0 Å². The maximum atomic E-state index is 12.7. The van der Waals surface area contributed by atoms with Crippen molar-refractivity contribution in [2.75, 3.05) is 18.6 Å². The third-order valence-corrected chi connectivity index (χ3v) is 4.59. The molecule has 0 unspecified atom stereocenters. The molecule has 0 saturated carbocycles. The lowest BCUT2D eigenvalue weighted by molar-refractivity contribution is -0.384. The van der Waals surface area contributed by atoms with E-state index in [1.807, 2.05) is 30.3 Å². The SMILES string of the molecule is CN(C(=O)COc1ccc([N+](=O)[O-])cc1)c1ccccc1C(=O)NCc1ccccc1. The molecule has 158 valence electrons. The summed E-state index contributed by atoms with van der Waals surface area (Å²) in [6.45, 7) is 0.0865. The number of hydrogen-bond donors (Lipinski definition) is 1. The quantitative estimate of drug-likeness (QED) is 0.444. The molecule has 0 aromatic heterocycles. The van der Waals surface area contributed by atoms with Crippen LogP contribution in [0.4, 0.5) is 11.4 Å². The van der Waals surface area contributed by atoms with Gasteiger partial charge in [-0.25, -0.2) is 0 Å². The molecule has 0 saturated heterocycles. The highest BCUT2D eigenvalue weighted by Crippen LogP contribution is 2.21. The molecule has 0 aliphatic heterocycles. The van der Waals surface area contributed by atoms with Crippen LogP contribution < -0.4 is 15.0 Å². The fourth-order valence-electron chi connectivity index (χ4n) is 2.87. The third kappa shape index (κ3) is 5.66. The Morgan fingerprint density at radius 3 is 2.29 bits per heavy atom. The molecule has 0 atom stereocenters. The van der Waals surface area contributed by atoms with E-state index < -0.39 is 4.92 Å². The Morgan fingerprint density at radius 2 is 1.61 bits per heavy atom. The monoisotopic (exact) mass is 419 g/mol. The van der Waals surface area contributed by atoms with Gasteiger partial charge in [0.2, 0.25) is 0 Å². The first-order valence-electron chi connectivity index (χ1n) is 9.50. The first-order valence-corrected chi connectivity index (χ1v) is 9.50. The molecule has 0 spiro atoms. The fraction of sp³-hybridized carbons (Fsp3) is 0.130. The van der Waals surface area contributed by atoms with Gasteiger partial charge in [0.15, 0.2) is 6.61 Å². The van der Waals surface area contributed by atoms with Crippen LogP contribution in [0.5, 0.6) is 5.75 Å². The zero-order valence-electron chi connectivity index (χ0n) is 16.9. The molecule has 8 heteroatoms. The summed E-state index contributed by atoms with van der Waals surface area (Å²) >= 11 is 0. The van der Waals surface area contributed by atoms with Gasteiger partial charge in [-0.1, -0.05) is 42.5 Å². The maximum Gasteiger partial charge on any atom is 0.269 e. The summed E-state index contributed by atoms with van der Waals surface area (Å²) < 4.78 is 5.44. The van der Waals surface area contributed by atoms with Crippen LogP contribution in [-0.2, 0) is 11.3 Å². The molecule has 2 amide bonds. The van der Waals surface area contributed by atoms with Crippen LogP contribution in [0, 0.1) is 10.1 Å². The van der Waals surface area contributed by atoms with Crippen molar-refractivity contribution in [1.82, 2.24) is 5.32 Å². The molecule has 0 fully saturated rings. The highest BCUT2D eigenvalue weighted by Gasteiger charge is 2.19. The molecule has 3 aromatic rings. The average molecular weight is 419 g/mol. The molecule has 0 bridgehead atoms. The minimum Gasteiger partial charge on any atom is -0.484 e. The number of nitrogens with one attached hydrogen (secondary N) is 1. The molecule has 0 heterocycles. The van der Waals surface area contributed by atoms with Crippen LogP contribution in [0.15, 0.2) is 78.9 Å². The van der Waals surface area contributed by atoms with Gasteiger partial charge in [-0.15, -0.1) is 0 Å². The molecular weight excluding hydrogens is 398 g/mol. The van der Waals surface area contributed by atoms with Crippen LogP contribution in [0.25, 0.3) is 0 Å². The maximum absolute atomic E-state index is 12.7. The topological polar surface area (TPSA) is 102 Å². The van der Waals surface area contributed by atoms with Crippen molar-refractivity contribution in [3.8, 4) is 5.75 Å². The van der Waals surface area contributed by atoms with Crippen LogP contribution >= 0.6 is 0 Å². The Kier molecular flexibility index (Phi) is 6.95. The van der Waals surface area contributed by atoms with Gasteiger partial charge in [-0.05, 0) is 29.8 Å². The van der Waals surface area contributed by atoms with Crippen LogP contribution in [-0.4, -0.2) is 30.4 Å². The van der Waals surface area contributed by atoms with E-state index in [0.717, 1.165) is 5.56 Å². The molecule has 0 radical (unpaired) electrons. The van der Waals surface area contributed by atoms with Gasteiger partial charge in [0.05, 0.1) is 16.2 Å². The second kappa shape index (κ2) is 10.0. The van der Waals surface area contributed by atoms with E-state index in [9.17, 15) is 19.7 Å². The number of para-hydroxylation sites is 1. The molecular formula is C23H21N3O5. The highest BCUT2D eigenvalue weighted by molar-refractivity contribution is 6.04. The molecule has 0 aliphatic carbocycles. The first kappa shape index (κ1) is 21.5. The average Bonchev–Trinajstić information content (AvgIpc) is 2.81. The van der Waals surface area contributed by atoms with Gasteiger partial charge >= 0.3 is 0 Å². The van der Waals surface area contributed by atoms with E-state index >= 15 is 0 Å². The lowest BCUT2D eigenvalue weighted by Gasteiger charge is -2.20. The van der Waals surface area contributed by atoms with Crippen molar-refractivity contribution in [2.45, 2.75) is 6.54 Å². The highest BCUT2D eigenvalue weighted by atomic mass is 16.6. The summed E-state index contributed by atoms with van der Waals surface area (Å²) in [5, 5.41) is 13.6. The number of amides is 2. The predicted molar refractivity (Wildman–Crippen MR) is 116 cm³/mol. The number of rotatable bonds is 8. The summed E-state index contributed by atoms with van der Waals surface area (Å²) in [7, 11) is 1.56. The molecule has 1 N–H and O–H groups in total. The minimum absolute atomic E-state index is 0.0637. The largest absolute Gasteiger partial charge is 0.484 e. The second-order valence-electron chi connectivity index (χ2n) is 6.68. The molecule has 3 rings (SSSR count). The van der Waals surface area contributed by atoms with Crippen molar-refractivity contribution in [3.05, 3.63) is 100 Å². The number of ether oxygens (including phenoxy) is 1. The number of benzene rings is 3. The number of nitro benzene ring substituents is 1. The van der Waals surface area contributed by atoms with Crippen molar-refractivity contribution < 1.29 is 19.2 Å². The smallest absolute Gasteiger partial charge is 0.269 e. The van der Waals surface area contributed by atoms with Gasteiger partial charge in [0.1, 0.15) is 5.75 Å². The van der Waals surface area contributed by atoms with E-state index in [-0.39, 0.29) is 24.1 Å². The molecule has 0 aliphatic rings. The molecule has 8 nitrogen and oxygen atoms in total. The number of nitro groups is 1. The van der Waals surface area contributed by atoms with Gasteiger partial charge < -0.3 is 15.0 Å². The number of non-ortho nitro benzene ring substituents is 1. The summed E-state index contributed by atoms with van der Waals surface area (Å²) in [5.74, 6) is -0.335. The van der Waals surface area contributed by atoms with Gasteiger partial charge in [0, 0.05) is 25.7 Å². The lowest BCUT2D eigenvalue weighted by Crippen LogP contribution is -2.33. The predicted octanol–water partition coefficient (Wildman–Crippen LogP) is 3.57. The van der Waals surface area contributed by atoms with Crippen LogP contribution in [0.1, 0.15) is 15.9 Å². The molecule has 3 aromatic carbocycles. The van der Waals surface area contributed by atoms with Crippen LogP contribution in [0.2, 0.25) is 0 Å². The number of carbonyl (C=O) groups excluding carboxylic acids is 2. The van der Waals surface area contributed by atoms with E-state index in [2.05, 4.69) is 5.32 Å². The second-order valence-corrected chi connectivity index (χ2v) is 6.68. The number of carbonyl (C=O) groups is 2. The first-order chi connectivity index (χ1) is 15.0. The standard InChI is InChI=1S/C23H21N3O5/c1-25(22(27)16-31-19-13-11-18(12-14-19)26(29)30)21-10-6-5-9-20(21)23(28)24-15-17-7-3-2-4-8-17/h2-14H,15-16H2,1H3,(H,24,28). The summed E-state index contributed by atoms with van der Waals surface area (Å²) in [4.78, 5) is 36.9. The lowest BCUT2D eigenvalue weighted by atomic mass is 10.1. The van der Waals surface area contributed by atoms with Crippen molar-refractivity contribution in [3.63, 3.8) is 0 Å². The fourth-order valence-corrected chi connectivity index (χ4v) is 2.87. The Hall–Kier alpha value is -4.20. The minimum atomic E-state index is -0.511.